The summed E-state index contributed by atoms with van der Waals surface area (Å²) in [6.07, 6.45) is 0. The number of furan rings is 2. The first-order valence-electron chi connectivity index (χ1n) is 22.5. The van der Waals surface area contributed by atoms with Crippen molar-refractivity contribution in [3.05, 3.63) is 211 Å². The first kappa shape index (κ1) is 36.9. The van der Waals surface area contributed by atoms with Crippen molar-refractivity contribution in [2.75, 3.05) is 0 Å². The molecule has 0 atom stereocenters. The highest BCUT2D eigenvalue weighted by Crippen LogP contribution is 2.51. The van der Waals surface area contributed by atoms with Gasteiger partial charge in [-0.2, -0.15) is 0 Å². The molecule has 0 N–H and O–H groups in total. The summed E-state index contributed by atoms with van der Waals surface area (Å²) < 4.78 is 15.5. The van der Waals surface area contributed by atoms with Gasteiger partial charge >= 0.3 is 0 Å². The standard InChI is InChI=1S/C61H39N3O2/c1-61(2)50-21-13-12-20-43(50)44-34-46-45-30-39(22-26-52(45)64(53(46)35-51(44)61)42-18-10-5-11-19-42)40-24-27-54-47(31-40)48-33-41(25-29-55(48)65-54)60-62-57(37-16-8-4-9-17-37)59-58(63-60)49-32-38(23-28-56(49)66-59)36-14-6-3-7-15-36/h3-35H,1-2H3. The summed E-state index contributed by atoms with van der Waals surface area (Å²) in [6.45, 7) is 4.71. The van der Waals surface area contributed by atoms with Crippen LogP contribution in [0.4, 0.5) is 0 Å². The molecule has 0 amide bonds. The van der Waals surface area contributed by atoms with Crippen LogP contribution in [0.25, 0.3) is 128 Å². The maximum atomic E-state index is 6.57. The molecule has 0 saturated carbocycles. The van der Waals surface area contributed by atoms with Crippen molar-refractivity contribution in [3.8, 4) is 61.7 Å². The Hall–Kier alpha value is -8.54. The molecule has 1 aliphatic carbocycles. The smallest absolute Gasteiger partial charge is 0.180 e. The highest BCUT2D eigenvalue weighted by molar-refractivity contribution is 6.14. The van der Waals surface area contributed by atoms with E-state index in [2.05, 4.69) is 182 Å². The zero-order valence-electron chi connectivity index (χ0n) is 36.2. The van der Waals surface area contributed by atoms with Crippen LogP contribution in [0.3, 0.4) is 0 Å². The van der Waals surface area contributed by atoms with Gasteiger partial charge in [0.05, 0.1) is 11.0 Å². The molecule has 0 fully saturated rings. The Balaban J connectivity index is 0.932. The summed E-state index contributed by atoms with van der Waals surface area (Å²) in [5, 5.41) is 5.47. The van der Waals surface area contributed by atoms with E-state index in [0.29, 0.717) is 11.4 Å². The summed E-state index contributed by atoms with van der Waals surface area (Å²) in [5.74, 6) is 0.624. The highest BCUT2D eigenvalue weighted by Gasteiger charge is 2.36. The summed E-state index contributed by atoms with van der Waals surface area (Å²) >= 11 is 0. The van der Waals surface area contributed by atoms with Crippen LogP contribution in [-0.4, -0.2) is 14.5 Å². The molecule has 0 unspecified atom stereocenters. The largest absolute Gasteiger partial charge is 0.456 e. The van der Waals surface area contributed by atoms with Crippen LogP contribution < -0.4 is 0 Å². The molecule has 4 heterocycles. The average Bonchev–Trinajstić information content (AvgIpc) is 4.09. The van der Waals surface area contributed by atoms with Crippen molar-refractivity contribution in [1.29, 1.82) is 0 Å². The Labute approximate surface area is 379 Å². The normalized spacial score (nSPS) is 13.1. The second kappa shape index (κ2) is 13.7. The number of para-hydroxylation sites is 1. The van der Waals surface area contributed by atoms with E-state index >= 15 is 0 Å². The SMILES string of the molecule is CC1(C)c2ccccc2-c2cc3c4cc(-c5ccc6oc7ccc(-c8nc(-c9ccccc9)c9oc%10ccc(-c%11ccccc%11)cc%10c9n8)cc7c6c5)ccc4n(-c4ccccc4)c3cc21. The quantitative estimate of drug-likeness (QED) is 0.173. The molecule has 4 aromatic heterocycles. The van der Waals surface area contributed by atoms with Crippen LogP contribution in [0.2, 0.25) is 0 Å². The number of hydrogen-bond donors (Lipinski definition) is 0. The molecule has 14 rings (SSSR count). The van der Waals surface area contributed by atoms with Crippen molar-refractivity contribution >= 4 is 65.8 Å². The molecule has 5 heteroatoms. The van der Waals surface area contributed by atoms with Crippen LogP contribution >= 0.6 is 0 Å². The zero-order chi connectivity index (χ0) is 43.7. The zero-order valence-corrected chi connectivity index (χ0v) is 36.2. The van der Waals surface area contributed by atoms with Crippen LogP contribution in [0, 0.1) is 0 Å². The second-order valence-corrected chi connectivity index (χ2v) is 18.1. The van der Waals surface area contributed by atoms with E-state index < -0.39 is 0 Å². The third kappa shape index (κ3) is 5.40. The molecule has 0 radical (unpaired) electrons. The summed E-state index contributed by atoms with van der Waals surface area (Å²) in [7, 11) is 0. The third-order valence-electron chi connectivity index (χ3n) is 14.0. The monoisotopic (exact) mass is 845 g/mol. The fraction of sp³-hybridized carbons (Fsp3) is 0.0492. The molecule has 310 valence electrons. The van der Waals surface area contributed by atoms with Gasteiger partial charge in [-0.3, -0.25) is 0 Å². The van der Waals surface area contributed by atoms with Gasteiger partial charge in [0.25, 0.3) is 0 Å². The molecule has 5 nitrogen and oxygen atoms in total. The number of aromatic nitrogens is 3. The fourth-order valence-corrected chi connectivity index (χ4v) is 10.7. The molecule has 13 aromatic rings. The second-order valence-electron chi connectivity index (χ2n) is 18.1. The lowest BCUT2D eigenvalue weighted by Gasteiger charge is -2.21. The summed E-state index contributed by atoms with van der Waals surface area (Å²) in [6, 6.07) is 71.3. The molecule has 66 heavy (non-hydrogen) atoms. The predicted molar refractivity (Wildman–Crippen MR) is 270 cm³/mol. The maximum absolute atomic E-state index is 6.57. The number of rotatable bonds is 5. The number of benzene rings is 9. The van der Waals surface area contributed by atoms with E-state index in [-0.39, 0.29) is 5.41 Å². The molecule has 9 aromatic carbocycles. The average molecular weight is 846 g/mol. The molecule has 0 saturated heterocycles. The van der Waals surface area contributed by atoms with Crippen LogP contribution in [0.15, 0.2) is 209 Å². The lowest BCUT2D eigenvalue weighted by atomic mass is 9.82. The van der Waals surface area contributed by atoms with Gasteiger partial charge in [-0.1, -0.05) is 135 Å². The molecule has 0 spiro atoms. The Kier molecular flexibility index (Phi) is 7.68. The molecular formula is C61H39N3O2. The maximum Gasteiger partial charge on any atom is 0.180 e. The van der Waals surface area contributed by atoms with Crippen LogP contribution in [0.5, 0.6) is 0 Å². The van der Waals surface area contributed by atoms with Gasteiger partial charge in [0.15, 0.2) is 11.4 Å². The predicted octanol–water partition coefficient (Wildman–Crippen LogP) is 16.3. The van der Waals surface area contributed by atoms with E-state index in [1.807, 2.05) is 36.4 Å². The number of fused-ring (bicyclic) bond motifs is 12. The van der Waals surface area contributed by atoms with Crippen molar-refractivity contribution < 1.29 is 8.83 Å². The minimum Gasteiger partial charge on any atom is -0.456 e. The van der Waals surface area contributed by atoms with E-state index in [0.717, 1.165) is 83.2 Å². The van der Waals surface area contributed by atoms with E-state index in [1.54, 1.807) is 0 Å². The summed E-state index contributed by atoms with van der Waals surface area (Å²) in [4.78, 5) is 10.5. The van der Waals surface area contributed by atoms with Gasteiger partial charge in [-0.05, 0) is 123 Å². The van der Waals surface area contributed by atoms with Gasteiger partial charge in [0.2, 0.25) is 0 Å². The van der Waals surface area contributed by atoms with Gasteiger partial charge in [0, 0.05) is 49.2 Å². The third-order valence-corrected chi connectivity index (χ3v) is 14.0. The Morgan fingerprint density at radius 2 is 0.955 bits per heavy atom. The van der Waals surface area contributed by atoms with E-state index in [9.17, 15) is 0 Å². The van der Waals surface area contributed by atoms with Crippen molar-refractivity contribution in [2.45, 2.75) is 19.3 Å². The van der Waals surface area contributed by atoms with Crippen LogP contribution in [-0.2, 0) is 5.41 Å². The van der Waals surface area contributed by atoms with Gasteiger partial charge in [0.1, 0.15) is 28.0 Å². The Morgan fingerprint density at radius 1 is 0.394 bits per heavy atom. The van der Waals surface area contributed by atoms with E-state index in [4.69, 9.17) is 18.8 Å². The molecule has 0 bridgehead atoms. The van der Waals surface area contributed by atoms with E-state index in [1.165, 1.54) is 44.1 Å². The number of nitrogens with zero attached hydrogens (tertiary/aromatic N) is 3. The topological polar surface area (TPSA) is 57.0 Å². The Morgan fingerprint density at radius 3 is 1.70 bits per heavy atom. The highest BCUT2D eigenvalue weighted by atomic mass is 16.3. The van der Waals surface area contributed by atoms with Crippen molar-refractivity contribution in [2.24, 2.45) is 0 Å². The number of hydrogen-bond acceptors (Lipinski definition) is 4. The van der Waals surface area contributed by atoms with Crippen molar-refractivity contribution in [1.82, 2.24) is 14.5 Å². The lowest BCUT2D eigenvalue weighted by molar-refractivity contribution is 0.661. The molecular weight excluding hydrogens is 807 g/mol. The molecule has 0 aliphatic heterocycles. The van der Waals surface area contributed by atoms with Crippen molar-refractivity contribution in [3.63, 3.8) is 0 Å². The van der Waals surface area contributed by atoms with Gasteiger partial charge in [-0.25, -0.2) is 9.97 Å². The Bertz CT molecular complexity index is 4120. The summed E-state index contributed by atoms with van der Waals surface area (Å²) in [5.41, 5.74) is 19.8. The van der Waals surface area contributed by atoms with Crippen LogP contribution in [0.1, 0.15) is 25.0 Å². The van der Waals surface area contributed by atoms with Gasteiger partial charge < -0.3 is 13.4 Å². The first-order valence-corrected chi connectivity index (χ1v) is 22.5. The minimum atomic E-state index is -0.102. The van der Waals surface area contributed by atoms with Gasteiger partial charge in [-0.15, -0.1) is 0 Å². The minimum absolute atomic E-state index is 0.102. The lowest BCUT2D eigenvalue weighted by Crippen LogP contribution is -2.14. The fourth-order valence-electron chi connectivity index (χ4n) is 10.7. The first-order chi connectivity index (χ1) is 32.4. The molecule has 1 aliphatic rings.